The van der Waals surface area contributed by atoms with Crippen LogP contribution in [0, 0.1) is 0 Å². The van der Waals surface area contributed by atoms with Gasteiger partial charge in [-0.2, -0.15) is 0 Å². The molecule has 2 nitrogen and oxygen atoms in total. The van der Waals surface area contributed by atoms with E-state index < -0.39 is 5.41 Å². The Morgan fingerprint density at radius 3 is 1.30 bits per heavy atom. The normalized spacial score (nSPS) is 14.3. The van der Waals surface area contributed by atoms with Crippen molar-refractivity contribution >= 4 is 11.4 Å². The molecule has 5 rings (SSSR count). The minimum absolute atomic E-state index is 0.411. The first-order valence-electron chi connectivity index (χ1n) is 9.18. The Bertz CT molecular complexity index is 998. The second kappa shape index (κ2) is 6.11. The van der Waals surface area contributed by atoms with Crippen molar-refractivity contribution in [1.82, 2.24) is 0 Å². The quantitative estimate of drug-likeness (QED) is 0.492. The van der Waals surface area contributed by atoms with Crippen LogP contribution in [0.25, 0.3) is 0 Å². The third kappa shape index (κ3) is 2.17. The molecule has 1 aliphatic heterocycles. The van der Waals surface area contributed by atoms with Crippen LogP contribution in [0.1, 0.15) is 22.3 Å². The zero-order valence-electron chi connectivity index (χ0n) is 14.9. The zero-order chi connectivity index (χ0) is 18.3. The van der Waals surface area contributed by atoms with Gasteiger partial charge in [-0.05, 0) is 34.4 Å². The Hall–Kier alpha value is -3.36. The van der Waals surface area contributed by atoms with Gasteiger partial charge >= 0.3 is 0 Å². The molecule has 0 spiro atoms. The predicted octanol–water partition coefficient (Wildman–Crippen LogP) is 5.39. The molecule has 0 bridgehead atoms. The lowest BCUT2D eigenvalue weighted by Crippen LogP contribution is -2.41. The van der Waals surface area contributed by atoms with Crippen molar-refractivity contribution in [2.24, 2.45) is 5.84 Å². The third-order valence-electron chi connectivity index (χ3n) is 5.55. The standard InChI is InChI=1S/C25H20N2/c26-27-23-17-9-7-15-21(23)25(19-11-3-1-4-12-19,20-13-5-2-6-14-20)22-16-8-10-18-24(22)27/h1-18H,26H2. The fourth-order valence-corrected chi connectivity index (χ4v) is 4.44. The van der Waals surface area contributed by atoms with Gasteiger partial charge in [0, 0.05) is 0 Å². The molecule has 1 heterocycles. The Morgan fingerprint density at radius 2 is 0.852 bits per heavy atom. The van der Waals surface area contributed by atoms with Gasteiger partial charge in [-0.3, -0.25) is 5.01 Å². The van der Waals surface area contributed by atoms with E-state index in [1.807, 2.05) is 17.1 Å². The number of hydrogen-bond donors (Lipinski definition) is 1. The van der Waals surface area contributed by atoms with Crippen LogP contribution in [-0.4, -0.2) is 0 Å². The molecular formula is C25H20N2. The Morgan fingerprint density at radius 1 is 0.481 bits per heavy atom. The lowest BCUT2D eigenvalue weighted by atomic mass is 9.63. The summed E-state index contributed by atoms with van der Waals surface area (Å²) in [6.07, 6.45) is 0. The van der Waals surface area contributed by atoms with Gasteiger partial charge < -0.3 is 0 Å². The summed E-state index contributed by atoms with van der Waals surface area (Å²) in [5.41, 5.74) is 6.53. The first kappa shape index (κ1) is 15.9. The van der Waals surface area contributed by atoms with Crippen LogP contribution in [0.4, 0.5) is 11.4 Å². The minimum Gasteiger partial charge on any atom is -0.279 e. The highest BCUT2D eigenvalue weighted by Gasteiger charge is 2.45. The summed E-state index contributed by atoms with van der Waals surface area (Å²) in [5.74, 6) is 6.57. The molecule has 130 valence electrons. The van der Waals surface area contributed by atoms with Crippen LogP contribution in [0.5, 0.6) is 0 Å². The molecule has 1 aliphatic rings. The molecule has 0 saturated heterocycles. The lowest BCUT2D eigenvalue weighted by Gasteiger charge is -2.45. The summed E-state index contributed by atoms with van der Waals surface area (Å²) in [6.45, 7) is 0. The molecule has 0 unspecified atom stereocenters. The van der Waals surface area contributed by atoms with Crippen LogP contribution in [0.2, 0.25) is 0 Å². The second-order valence-electron chi connectivity index (χ2n) is 6.89. The topological polar surface area (TPSA) is 29.3 Å². The van der Waals surface area contributed by atoms with Gasteiger partial charge in [-0.1, -0.05) is 97.1 Å². The van der Waals surface area contributed by atoms with Crippen LogP contribution < -0.4 is 10.9 Å². The van der Waals surface area contributed by atoms with E-state index in [0.29, 0.717) is 0 Å². The van der Waals surface area contributed by atoms with Crippen molar-refractivity contribution in [3.05, 3.63) is 131 Å². The van der Waals surface area contributed by atoms with Gasteiger partial charge in [0.2, 0.25) is 0 Å². The third-order valence-corrected chi connectivity index (χ3v) is 5.55. The van der Waals surface area contributed by atoms with E-state index in [2.05, 4.69) is 97.1 Å². The van der Waals surface area contributed by atoms with Crippen LogP contribution >= 0.6 is 0 Å². The second-order valence-corrected chi connectivity index (χ2v) is 6.89. The Labute approximate surface area is 159 Å². The highest BCUT2D eigenvalue weighted by Crippen LogP contribution is 2.54. The van der Waals surface area contributed by atoms with Crippen molar-refractivity contribution in [1.29, 1.82) is 0 Å². The maximum atomic E-state index is 6.57. The number of para-hydroxylation sites is 2. The van der Waals surface area contributed by atoms with Gasteiger partial charge in [0.05, 0.1) is 16.8 Å². The van der Waals surface area contributed by atoms with E-state index in [4.69, 9.17) is 5.84 Å². The van der Waals surface area contributed by atoms with Gasteiger partial charge in [-0.25, -0.2) is 5.84 Å². The monoisotopic (exact) mass is 348 g/mol. The fraction of sp³-hybridized carbons (Fsp3) is 0.0400. The summed E-state index contributed by atoms with van der Waals surface area (Å²) in [5, 5.41) is 1.81. The summed E-state index contributed by atoms with van der Waals surface area (Å²) in [7, 11) is 0. The molecule has 4 aromatic rings. The van der Waals surface area contributed by atoms with E-state index >= 15 is 0 Å². The molecule has 2 N–H and O–H groups in total. The average Bonchev–Trinajstić information content (AvgIpc) is 2.76. The van der Waals surface area contributed by atoms with Crippen molar-refractivity contribution in [2.75, 3.05) is 5.01 Å². The Balaban J connectivity index is 1.99. The number of fused-ring (bicyclic) bond motifs is 2. The molecule has 0 atom stereocenters. The highest BCUT2D eigenvalue weighted by molar-refractivity contribution is 5.82. The van der Waals surface area contributed by atoms with Crippen LogP contribution in [0.3, 0.4) is 0 Å². The lowest BCUT2D eigenvalue weighted by molar-refractivity contribution is 0.721. The SMILES string of the molecule is NN1c2ccccc2C(c2ccccc2)(c2ccccc2)c2ccccc21. The van der Waals surface area contributed by atoms with E-state index in [-0.39, 0.29) is 0 Å². The molecule has 0 radical (unpaired) electrons. The summed E-state index contributed by atoms with van der Waals surface area (Å²) in [4.78, 5) is 0. The molecule has 0 fully saturated rings. The largest absolute Gasteiger partial charge is 0.279 e. The summed E-state index contributed by atoms with van der Waals surface area (Å²) >= 11 is 0. The first-order chi connectivity index (χ1) is 13.3. The number of rotatable bonds is 2. The zero-order valence-corrected chi connectivity index (χ0v) is 14.9. The van der Waals surface area contributed by atoms with E-state index in [1.165, 1.54) is 22.3 Å². The molecule has 2 heteroatoms. The van der Waals surface area contributed by atoms with Gasteiger partial charge in [0.25, 0.3) is 0 Å². The number of benzene rings is 4. The van der Waals surface area contributed by atoms with E-state index in [1.54, 1.807) is 0 Å². The van der Waals surface area contributed by atoms with Crippen molar-refractivity contribution in [3.8, 4) is 0 Å². The van der Waals surface area contributed by atoms with Crippen molar-refractivity contribution in [2.45, 2.75) is 5.41 Å². The average molecular weight is 348 g/mol. The maximum absolute atomic E-state index is 6.57. The summed E-state index contributed by atoms with van der Waals surface area (Å²) in [6, 6.07) is 38.3. The molecule has 0 saturated carbocycles. The number of nitrogens with two attached hydrogens (primary N) is 1. The number of hydrazine groups is 1. The van der Waals surface area contributed by atoms with E-state index in [0.717, 1.165) is 11.4 Å². The number of anilines is 2. The van der Waals surface area contributed by atoms with Crippen LogP contribution in [0.15, 0.2) is 109 Å². The first-order valence-corrected chi connectivity index (χ1v) is 9.18. The van der Waals surface area contributed by atoms with Crippen LogP contribution in [-0.2, 0) is 5.41 Å². The number of hydrogen-bond acceptors (Lipinski definition) is 2. The molecule has 4 aromatic carbocycles. The van der Waals surface area contributed by atoms with Gasteiger partial charge in [0.15, 0.2) is 0 Å². The molecule has 0 aromatic heterocycles. The van der Waals surface area contributed by atoms with E-state index in [9.17, 15) is 0 Å². The highest BCUT2D eigenvalue weighted by atomic mass is 15.4. The maximum Gasteiger partial charge on any atom is 0.0743 e. The van der Waals surface area contributed by atoms with Gasteiger partial charge in [-0.15, -0.1) is 0 Å². The smallest absolute Gasteiger partial charge is 0.0743 e. The van der Waals surface area contributed by atoms with Crippen molar-refractivity contribution < 1.29 is 0 Å². The number of nitrogens with zero attached hydrogens (tertiary/aromatic N) is 1. The molecule has 27 heavy (non-hydrogen) atoms. The molecular weight excluding hydrogens is 328 g/mol. The van der Waals surface area contributed by atoms with Crippen molar-refractivity contribution in [3.63, 3.8) is 0 Å². The molecule has 0 aliphatic carbocycles. The Kier molecular flexibility index (Phi) is 3.59. The minimum atomic E-state index is -0.411. The predicted molar refractivity (Wildman–Crippen MR) is 111 cm³/mol. The summed E-state index contributed by atoms with van der Waals surface area (Å²) < 4.78 is 0. The van der Waals surface area contributed by atoms with Gasteiger partial charge in [0.1, 0.15) is 0 Å². The molecule has 0 amide bonds. The fourth-order valence-electron chi connectivity index (χ4n) is 4.44.